The lowest BCUT2D eigenvalue weighted by molar-refractivity contribution is 0.656. The van der Waals surface area contributed by atoms with Gasteiger partial charge in [-0.2, -0.15) is 11.8 Å². The van der Waals surface area contributed by atoms with Gasteiger partial charge in [0.15, 0.2) is 0 Å². The second kappa shape index (κ2) is 4.38. The Morgan fingerprint density at radius 1 is 1.38 bits per heavy atom. The molecular formula is C13H18N2S. The molecule has 2 aliphatic rings. The van der Waals surface area contributed by atoms with Crippen molar-refractivity contribution in [2.45, 2.75) is 37.6 Å². The van der Waals surface area contributed by atoms with E-state index < -0.39 is 0 Å². The van der Waals surface area contributed by atoms with E-state index in [-0.39, 0.29) is 0 Å². The number of pyridine rings is 1. The molecule has 0 saturated carbocycles. The molecule has 1 aliphatic carbocycles. The molecule has 0 spiro atoms. The van der Waals surface area contributed by atoms with E-state index in [1.54, 1.807) is 0 Å². The smallest absolute Gasteiger partial charge is 0.0451 e. The summed E-state index contributed by atoms with van der Waals surface area (Å²) in [7, 11) is 0. The van der Waals surface area contributed by atoms with Crippen LogP contribution in [0.5, 0.6) is 0 Å². The minimum absolute atomic E-state index is 0.304. The SMILES string of the molecule is NC1Cc2cc(C3CCCSC3)cnc2C1. The maximum atomic E-state index is 5.97. The van der Waals surface area contributed by atoms with Gasteiger partial charge in [0.05, 0.1) is 0 Å². The quantitative estimate of drug-likeness (QED) is 0.809. The third-order valence-electron chi connectivity index (χ3n) is 3.65. The topological polar surface area (TPSA) is 38.9 Å². The van der Waals surface area contributed by atoms with Gasteiger partial charge in [0.25, 0.3) is 0 Å². The number of hydrogen-bond donors (Lipinski definition) is 1. The van der Waals surface area contributed by atoms with Gasteiger partial charge in [-0.05, 0) is 42.1 Å². The predicted molar refractivity (Wildman–Crippen MR) is 68.9 cm³/mol. The van der Waals surface area contributed by atoms with Crippen molar-refractivity contribution in [2.75, 3.05) is 11.5 Å². The lowest BCUT2D eigenvalue weighted by Crippen LogP contribution is -2.19. The first kappa shape index (κ1) is 10.6. The number of fused-ring (bicyclic) bond motifs is 1. The molecule has 0 bridgehead atoms. The molecule has 2 N–H and O–H groups in total. The lowest BCUT2D eigenvalue weighted by atomic mass is 9.96. The average Bonchev–Trinajstić information content (AvgIpc) is 2.69. The Morgan fingerprint density at radius 2 is 2.31 bits per heavy atom. The van der Waals surface area contributed by atoms with Gasteiger partial charge in [-0.3, -0.25) is 4.98 Å². The van der Waals surface area contributed by atoms with Crippen LogP contribution in [0.4, 0.5) is 0 Å². The third kappa shape index (κ3) is 1.98. The Kier molecular flexibility index (Phi) is 2.90. The fourth-order valence-corrected chi connectivity index (χ4v) is 3.93. The molecule has 1 aliphatic heterocycles. The van der Waals surface area contributed by atoms with Gasteiger partial charge < -0.3 is 5.73 Å². The fourth-order valence-electron chi connectivity index (χ4n) is 2.75. The number of aromatic nitrogens is 1. The lowest BCUT2D eigenvalue weighted by Gasteiger charge is -2.21. The summed E-state index contributed by atoms with van der Waals surface area (Å²) in [5.41, 5.74) is 10.1. The normalized spacial score (nSPS) is 29.1. The molecule has 16 heavy (non-hydrogen) atoms. The van der Waals surface area contributed by atoms with Crippen molar-refractivity contribution in [1.29, 1.82) is 0 Å². The van der Waals surface area contributed by atoms with Crippen LogP contribution in [0.15, 0.2) is 12.3 Å². The highest BCUT2D eigenvalue weighted by molar-refractivity contribution is 7.99. The van der Waals surface area contributed by atoms with Crippen molar-refractivity contribution < 1.29 is 0 Å². The Hall–Kier alpha value is -0.540. The minimum atomic E-state index is 0.304. The van der Waals surface area contributed by atoms with Gasteiger partial charge in [0.1, 0.15) is 0 Å². The molecule has 1 fully saturated rings. The summed E-state index contributed by atoms with van der Waals surface area (Å²) in [5, 5.41) is 0. The molecule has 2 heterocycles. The van der Waals surface area contributed by atoms with Crippen molar-refractivity contribution in [3.8, 4) is 0 Å². The van der Waals surface area contributed by atoms with E-state index in [1.807, 2.05) is 0 Å². The molecule has 2 unspecified atom stereocenters. The van der Waals surface area contributed by atoms with Crippen LogP contribution < -0.4 is 5.73 Å². The first-order chi connectivity index (χ1) is 7.83. The van der Waals surface area contributed by atoms with Gasteiger partial charge in [0.2, 0.25) is 0 Å². The summed E-state index contributed by atoms with van der Waals surface area (Å²) < 4.78 is 0. The van der Waals surface area contributed by atoms with Crippen molar-refractivity contribution in [3.63, 3.8) is 0 Å². The van der Waals surface area contributed by atoms with Crippen LogP contribution in [0.3, 0.4) is 0 Å². The maximum absolute atomic E-state index is 5.97. The molecule has 3 rings (SSSR count). The molecule has 2 atom stereocenters. The van der Waals surface area contributed by atoms with Crippen LogP contribution in [-0.4, -0.2) is 22.5 Å². The highest BCUT2D eigenvalue weighted by Crippen LogP contribution is 2.32. The van der Waals surface area contributed by atoms with Gasteiger partial charge in [-0.1, -0.05) is 6.07 Å². The van der Waals surface area contributed by atoms with E-state index in [1.165, 1.54) is 41.2 Å². The maximum Gasteiger partial charge on any atom is 0.0451 e. The summed E-state index contributed by atoms with van der Waals surface area (Å²) in [6.07, 6.45) is 6.77. The molecular weight excluding hydrogens is 216 g/mol. The number of thioether (sulfide) groups is 1. The van der Waals surface area contributed by atoms with E-state index in [4.69, 9.17) is 5.73 Å². The average molecular weight is 234 g/mol. The van der Waals surface area contributed by atoms with Crippen LogP contribution in [0.1, 0.15) is 35.6 Å². The molecule has 2 nitrogen and oxygen atoms in total. The minimum Gasteiger partial charge on any atom is -0.327 e. The zero-order valence-electron chi connectivity index (χ0n) is 9.48. The first-order valence-electron chi connectivity index (χ1n) is 6.14. The van der Waals surface area contributed by atoms with Crippen LogP contribution in [0.2, 0.25) is 0 Å². The molecule has 1 aromatic rings. The second-order valence-electron chi connectivity index (χ2n) is 4.96. The Labute approximate surface area is 101 Å². The van der Waals surface area contributed by atoms with Gasteiger partial charge in [0, 0.05) is 30.1 Å². The summed E-state index contributed by atoms with van der Waals surface area (Å²) in [4.78, 5) is 4.60. The highest BCUT2D eigenvalue weighted by atomic mass is 32.2. The van der Waals surface area contributed by atoms with Crippen molar-refractivity contribution >= 4 is 11.8 Å². The second-order valence-corrected chi connectivity index (χ2v) is 6.11. The fraction of sp³-hybridized carbons (Fsp3) is 0.615. The van der Waals surface area contributed by atoms with Crippen LogP contribution >= 0.6 is 11.8 Å². The molecule has 3 heteroatoms. The van der Waals surface area contributed by atoms with E-state index in [0.29, 0.717) is 6.04 Å². The number of rotatable bonds is 1. The Balaban J connectivity index is 1.84. The monoisotopic (exact) mass is 234 g/mol. The largest absolute Gasteiger partial charge is 0.327 e. The van der Waals surface area contributed by atoms with Crippen molar-refractivity contribution in [2.24, 2.45) is 5.73 Å². The molecule has 86 valence electrons. The molecule has 1 saturated heterocycles. The van der Waals surface area contributed by atoms with Crippen molar-refractivity contribution in [3.05, 3.63) is 29.1 Å². The molecule has 0 aromatic carbocycles. The number of nitrogens with zero attached hydrogens (tertiary/aromatic N) is 1. The van der Waals surface area contributed by atoms with Gasteiger partial charge in [-0.15, -0.1) is 0 Å². The van der Waals surface area contributed by atoms with E-state index in [9.17, 15) is 0 Å². The Morgan fingerprint density at radius 3 is 3.12 bits per heavy atom. The number of hydrogen-bond acceptors (Lipinski definition) is 3. The van der Waals surface area contributed by atoms with Crippen LogP contribution in [0, 0.1) is 0 Å². The standard InChI is InChI=1S/C13H18N2S/c14-12-5-10-4-11(7-15-13(10)6-12)9-2-1-3-16-8-9/h4,7,9,12H,1-3,5-6,8,14H2. The van der Waals surface area contributed by atoms with Gasteiger partial charge in [-0.25, -0.2) is 0 Å². The van der Waals surface area contributed by atoms with Crippen molar-refractivity contribution in [1.82, 2.24) is 4.98 Å². The summed E-state index contributed by atoms with van der Waals surface area (Å²) in [5.74, 6) is 3.33. The summed E-state index contributed by atoms with van der Waals surface area (Å²) >= 11 is 2.08. The Bertz CT molecular complexity index is 386. The predicted octanol–water partition coefficient (Wildman–Crippen LogP) is 2.12. The number of nitrogens with two attached hydrogens (primary N) is 1. The van der Waals surface area contributed by atoms with E-state index >= 15 is 0 Å². The summed E-state index contributed by atoms with van der Waals surface area (Å²) in [6, 6.07) is 2.67. The van der Waals surface area contributed by atoms with Gasteiger partial charge >= 0.3 is 0 Å². The molecule has 1 aromatic heterocycles. The third-order valence-corrected chi connectivity index (χ3v) is 4.87. The molecule has 0 amide bonds. The zero-order chi connectivity index (χ0) is 11.0. The van der Waals surface area contributed by atoms with E-state index in [2.05, 4.69) is 29.0 Å². The first-order valence-corrected chi connectivity index (χ1v) is 7.29. The van der Waals surface area contributed by atoms with Crippen LogP contribution in [-0.2, 0) is 12.8 Å². The highest BCUT2D eigenvalue weighted by Gasteiger charge is 2.22. The van der Waals surface area contributed by atoms with Crippen LogP contribution in [0.25, 0.3) is 0 Å². The van der Waals surface area contributed by atoms with E-state index in [0.717, 1.165) is 18.8 Å². The summed E-state index contributed by atoms with van der Waals surface area (Å²) in [6.45, 7) is 0. The molecule has 0 radical (unpaired) electrons. The zero-order valence-corrected chi connectivity index (χ0v) is 10.3.